The number of amides is 1. The second-order valence-electron chi connectivity index (χ2n) is 5.01. The molecular weight excluding hydrogens is 280 g/mol. The average Bonchev–Trinajstić information content (AvgIpc) is 2.30. The van der Waals surface area contributed by atoms with E-state index >= 15 is 0 Å². The molecule has 112 valence electrons. The number of anilines is 2. The van der Waals surface area contributed by atoms with E-state index < -0.39 is 15.3 Å². The number of hydrogen-bond acceptors (Lipinski definition) is 5. The van der Waals surface area contributed by atoms with E-state index in [-0.39, 0.29) is 23.5 Å². The highest BCUT2D eigenvalue weighted by Crippen LogP contribution is 2.28. The zero-order valence-corrected chi connectivity index (χ0v) is 12.8. The van der Waals surface area contributed by atoms with Gasteiger partial charge in [-0.15, -0.1) is 0 Å². The fraction of sp³-hybridized carbons (Fsp3) is 0.500. The average molecular weight is 300 g/mol. The van der Waals surface area contributed by atoms with Crippen molar-refractivity contribution in [2.24, 2.45) is 0 Å². The lowest BCUT2D eigenvalue weighted by Gasteiger charge is -2.16. The molecular formula is C12H20N4O3S. The van der Waals surface area contributed by atoms with E-state index in [9.17, 15) is 13.2 Å². The van der Waals surface area contributed by atoms with E-state index in [1.807, 2.05) is 13.8 Å². The molecule has 0 aliphatic carbocycles. The van der Waals surface area contributed by atoms with Gasteiger partial charge in [0, 0.05) is 12.2 Å². The summed E-state index contributed by atoms with van der Waals surface area (Å²) in [6.45, 7) is 7.12. The lowest BCUT2D eigenvalue weighted by Crippen LogP contribution is -2.38. The molecule has 0 spiro atoms. The summed E-state index contributed by atoms with van der Waals surface area (Å²) in [4.78, 5) is 15.5. The smallest absolute Gasteiger partial charge is 0.357 e. The van der Waals surface area contributed by atoms with Gasteiger partial charge in [0.1, 0.15) is 5.82 Å². The van der Waals surface area contributed by atoms with Crippen LogP contribution in [0.4, 0.5) is 16.3 Å². The van der Waals surface area contributed by atoms with E-state index in [0.717, 1.165) is 0 Å². The zero-order chi connectivity index (χ0) is 15.5. The van der Waals surface area contributed by atoms with E-state index in [0.29, 0.717) is 5.56 Å². The molecule has 1 aromatic heterocycles. The van der Waals surface area contributed by atoms with Crippen LogP contribution in [-0.4, -0.2) is 24.7 Å². The van der Waals surface area contributed by atoms with Gasteiger partial charge in [0.05, 0.1) is 5.69 Å². The molecule has 0 aliphatic rings. The maximum atomic E-state index is 12.0. The van der Waals surface area contributed by atoms with Crippen LogP contribution in [0.25, 0.3) is 0 Å². The Labute approximate surface area is 119 Å². The molecule has 20 heavy (non-hydrogen) atoms. The molecule has 1 aromatic rings. The Bertz CT molecular complexity index is 597. The third-order valence-electron chi connectivity index (χ3n) is 2.52. The number of nitrogens with zero attached hydrogens (tertiary/aromatic N) is 1. The minimum Gasteiger partial charge on any atom is -0.382 e. The molecule has 0 radical (unpaired) electrons. The van der Waals surface area contributed by atoms with Gasteiger partial charge in [-0.1, -0.05) is 13.8 Å². The van der Waals surface area contributed by atoms with Crippen LogP contribution in [0, 0.1) is 0 Å². The topological polar surface area (TPSA) is 114 Å². The van der Waals surface area contributed by atoms with Crippen molar-refractivity contribution in [3.05, 3.63) is 17.8 Å². The second-order valence-corrected chi connectivity index (χ2v) is 6.59. The van der Waals surface area contributed by atoms with Crippen molar-refractivity contribution in [2.75, 3.05) is 10.5 Å². The second kappa shape index (κ2) is 6.08. The highest BCUT2D eigenvalue weighted by Gasteiger charge is 2.25. The van der Waals surface area contributed by atoms with Gasteiger partial charge >= 0.3 is 15.3 Å². The number of sulfonamides is 1. The zero-order valence-electron chi connectivity index (χ0n) is 12.0. The lowest BCUT2D eigenvalue weighted by atomic mass is 10.0. The number of aromatic nitrogens is 1. The third kappa shape index (κ3) is 3.83. The van der Waals surface area contributed by atoms with Gasteiger partial charge in [-0.25, -0.2) is 4.98 Å². The van der Waals surface area contributed by atoms with Crippen molar-refractivity contribution < 1.29 is 13.2 Å². The minimum absolute atomic E-state index is 0.0335. The molecule has 0 fully saturated rings. The number of hydrogen-bond donors (Lipinski definition) is 3. The van der Waals surface area contributed by atoms with Crippen molar-refractivity contribution in [2.45, 2.75) is 39.7 Å². The number of pyridine rings is 1. The highest BCUT2D eigenvalue weighted by molar-refractivity contribution is 8.07. The Morgan fingerprint density at radius 2 is 1.90 bits per heavy atom. The van der Waals surface area contributed by atoms with Gasteiger partial charge in [0.25, 0.3) is 0 Å². The number of nitrogens with two attached hydrogens (primary N) is 1. The van der Waals surface area contributed by atoms with Crippen LogP contribution in [0.15, 0.2) is 12.3 Å². The molecule has 0 saturated heterocycles. The summed E-state index contributed by atoms with van der Waals surface area (Å²) in [7, 11) is -4.21. The molecule has 0 aliphatic heterocycles. The summed E-state index contributed by atoms with van der Waals surface area (Å²) < 4.78 is 26.1. The lowest BCUT2D eigenvalue weighted by molar-refractivity contribution is 0.256. The van der Waals surface area contributed by atoms with Crippen LogP contribution < -0.4 is 15.8 Å². The fourth-order valence-corrected chi connectivity index (χ4v) is 2.55. The Morgan fingerprint density at radius 1 is 1.30 bits per heavy atom. The third-order valence-corrected chi connectivity index (χ3v) is 3.60. The summed E-state index contributed by atoms with van der Waals surface area (Å²) >= 11 is 0. The van der Waals surface area contributed by atoms with Gasteiger partial charge in [-0.2, -0.15) is 8.42 Å². The molecule has 1 amide bonds. The summed E-state index contributed by atoms with van der Waals surface area (Å²) in [5.41, 5.74) is 6.53. The maximum Gasteiger partial charge on any atom is 0.357 e. The van der Waals surface area contributed by atoms with E-state index in [1.54, 1.807) is 19.9 Å². The van der Waals surface area contributed by atoms with Crippen molar-refractivity contribution in [3.63, 3.8) is 0 Å². The predicted octanol–water partition coefficient (Wildman–Crippen LogP) is 1.65. The Morgan fingerprint density at radius 3 is 2.40 bits per heavy atom. The SMILES string of the molecule is CC(C)NC(=O)S(=O)(=O)Nc1c(C(C)C)ccnc1N. The van der Waals surface area contributed by atoms with Gasteiger partial charge in [0.15, 0.2) is 0 Å². The molecule has 0 aromatic carbocycles. The van der Waals surface area contributed by atoms with Crippen molar-refractivity contribution in [1.29, 1.82) is 0 Å². The number of nitrogen functional groups attached to an aromatic ring is 1. The first kappa shape index (κ1) is 16.2. The first-order valence-electron chi connectivity index (χ1n) is 6.22. The number of carbonyl (C=O) groups excluding carboxylic acids is 1. The molecule has 0 saturated carbocycles. The summed E-state index contributed by atoms with van der Waals surface area (Å²) in [6.07, 6.45) is 1.50. The van der Waals surface area contributed by atoms with Crippen LogP contribution >= 0.6 is 0 Å². The van der Waals surface area contributed by atoms with Crippen LogP contribution in [0.2, 0.25) is 0 Å². The molecule has 0 unspecified atom stereocenters. The Hall–Kier alpha value is -1.83. The molecule has 0 atom stereocenters. The normalized spacial score (nSPS) is 11.7. The fourth-order valence-electron chi connectivity index (χ4n) is 1.58. The van der Waals surface area contributed by atoms with Gasteiger partial charge in [-0.3, -0.25) is 9.52 Å². The van der Waals surface area contributed by atoms with Gasteiger partial charge < -0.3 is 11.1 Å². The molecule has 1 rings (SSSR count). The molecule has 4 N–H and O–H groups in total. The standard InChI is InChI=1S/C12H20N4O3S/c1-7(2)9-5-6-14-11(13)10(9)16-20(18,19)12(17)15-8(3)4/h5-8,16H,1-4H3,(H2,13,14)(H,15,17). The Kier molecular flexibility index (Phi) is 4.93. The van der Waals surface area contributed by atoms with Crippen molar-refractivity contribution in [1.82, 2.24) is 10.3 Å². The molecule has 0 bridgehead atoms. The maximum absolute atomic E-state index is 12.0. The number of carbonyl (C=O) groups is 1. The van der Waals surface area contributed by atoms with Crippen LogP contribution in [0.3, 0.4) is 0 Å². The van der Waals surface area contributed by atoms with E-state index in [4.69, 9.17) is 5.73 Å². The van der Waals surface area contributed by atoms with Crippen LogP contribution in [0.1, 0.15) is 39.2 Å². The molecule has 7 nitrogen and oxygen atoms in total. The molecule has 1 heterocycles. The van der Waals surface area contributed by atoms with Gasteiger partial charge in [-0.05, 0) is 31.4 Å². The van der Waals surface area contributed by atoms with Crippen molar-refractivity contribution in [3.8, 4) is 0 Å². The minimum atomic E-state index is -4.21. The quantitative estimate of drug-likeness (QED) is 0.782. The highest BCUT2D eigenvalue weighted by atomic mass is 32.2. The predicted molar refractivity (Wildman–Crippen MR) is 78.9 cm³/mol. The monoisotopic (exact) mass is 300 g/mol. The van der Waals surface area contributed by atoms with E-state index in [2.05, 4.69) is 15.0 Å². The van der Waals surface area contributed by atoms with Gasteiger partial charge in [0.2, 0.25) is 0 Å². The Balaban J connectivity index is 3.13. The van der Waals surface area contributed by atoms with Crippen LogP contribution in [0.5, 0.6) is 0 Å². The van der Waals surface area contributed by atoms with Crippen LogP contribution in [-0.2, 0) is 10.0 Å². The first-order valence-corrected chi connectivity index (χ1v) is 7.71. The largest absolute Gasteiger partial charge is 0.382 e. The first-order chi connectivity index (χ1) is 9.15. The summed E-state index contributed by atoms with van der Waals surface area (Å²) in [5.74, 6) is 0.0725. The number of rotatable bonds is 4. The molecule has 8 heteroatoms. The van der Waals surface area contributed by atoms with Crippen molar-refractivity contribution >= 4 is 26.8 Å². The number of nitrogens with one attached hydrogen (secondary N) is 2. The summed E-state index contributed by atoms with van der Waals surface area (Å²) in [6, 6.07) is 1.38. The van der Waals surface area contributed by atoms with E-state index in [1.165, 1.54) is 6.20 Å². The summed E-state index contributed by atoms with van der Waals surface area (Å²) in [5, 5.41) is 1.23.